The molecule has 1 atom stereocenters. The third-order valence-electron chi connectivity index (χ3n) is 1.15. The Bertz CT molecular complexity index is 236. The minimum Gasteiger partial charge on any atom is -0.480 e. The topological polar surface area (TPSA) is 90.2 Å². The Kier molecular flexibility index (Phi) is 5.72. The second kappa shape index (κ2) is 6.31. The zero-order valence-electron chi connectivity index (χ0n) is 7.11. The second-order valence-corrected chi connectivity index (χ2v) is 3.26. The number of carbonyl (C=O) groups excluding carboxylic acids is 1. The molecular weight excluding hydrogens is 192 g/mol. The van der Waals surface area contributed by atoms with Gasteiger partial charge in [0.1, 0.15) is 6.04 Å². The number of hydrogen-bond acceptors (Lipinski definition) is 4. The first kappa shape index (κ1) is 11.8. The Labute approximate surface area is 80.1 Å². The molecule has 0 unspecified atom stereocenters. The molecule has 0 fully saturated rings. The molecule has 13 heavy (non-hydrogen) atoms. The number of hydrogen-bond donors (Lipinski definition) is 2. The third kappa shape index (κ3) is 5.99. The van der Waals surface area contributed by atoms with E-state index in [-0.39, 0.29) is 17.4 Å². The van der Waals surface area contributed by atoms with Crippen molar-refractivity contribution in [2.45, 2.75) is 13.0 Å². The van der Waals surface area contributed by atoms with Crippen LogP contribution in [-0.2, 0) is 9.59 Å². The summed E-state index contributed by atoms with van der Waals surface area (Å²) < 4.78 is 0. The molecule has 0 aromatic heterocycles. The van der Waals surface area contributed by atoms with E-state index < -0.39 is 12.0 Å². The van der Waals surface area contributed by atoms with Crippen molar-refractivity contribution < 1.29 is 14.7 Å². The van der Waals surface area contributed by atoms with Crippen molar-refractivity contribution in [3.63, 3.8) is 0 Å². The molecule has 2 N–H and O–H groups in total. The Balaban J connectivity index is 3.63. The van der Waals surface area contributed by atoms with Crippen LogP contribution in [0.3, 0.4) is 0 Å². The summed E-state index contributed by atoms with van der Waals surface area (Å²) in [5.74, 6) is -1.09. The van der Waals surface area contributed by atoms with E-state index in [1.807, 2.05) is 6.07 Å². The molecule has 0 aliphatic heterocycles. The van der Waals surface area contributed by atoms with E-state index in [2.05, 4.69) is 5.32 Å². The summed E-state index contributed by atoms with van der Waals surface area (Å²) in [7, 11) is 0. The van der Waals surface area contributed by atoms with Gasteiger partial charge in [-0.25, -0.2) is 0 Å². The molecule has 5 nitrogen and oxygen atoms in total. The highest BCUT2D eigenvalue weighted by molar-refractivity contribution is 8.00. The maximum Gasteiger partial charge on any atom is 0.325 e. The van der Waals surface area contributed by atoms with Gasteiger partial charge >= 0.3 is 5.97 Å². The number of carboxylic acid groups (broad SMARTS) is 1. The molecule has 0 aromatic rings. The number of carbonyl (C=O) groups is 2. The first-order valence-electron chi connectivity index (χ1n) is 3.54. The molecule has 0 spiro atoms. The highest BCUT2D eigenvalue weighted by Crippen LogP contribution is 1.97. The summed E-state index contributed by atoms with van der Waals surface area (Å²) >= 11 is 1.15. The van der Waals surface area contributed by atoms with Crippen LogP contribution in [0.5, 0.6) is 0 Å². The summed E-state index contributed by atoms with van der Waals surface area (Å²) in [6.45, 7) is 1.38. The standard InChI is InChI=1S/C7H10N2O3S/c1-5(7(11)12)9-6(10)4-13-3-2-8/h5H,3-4H2,1H3,(H,9,10)(H,11,12)/t5-/m1/s1. The molecule has 1 amide bonds. The average molecular weight is 202 g/mol. The Morgan fingerprint density at radius 3 is 2.77 bits per heavy atom. The van der Waals surface area contributed by atoms with Gasteiger partial charge in [-0.15, -0.1) is 11.8 Å². The molecule has 0 heterocycles. The molecule has 0 bridgehead atoms. The second-order valence-electron chi connectivity index (χ2n) is 2.28. The van der Waals surface area contributed by atoms with E-state index in [4.69, 9.17) is 10.4 Å². The van der Waals surface area contributed by atoms with Crippen molar-refractivity contribution >= 4 is 23.6 Å². The van der Waals surface area contributed by atoms with Crippen LogP contribution in [0.2, 0.25) is 0 Å². The monoisotopic (exact) mass is 202 g/mol. The van der Waals surface area contributed by atoms with Gasteiger partial charge in [0.05, 0.1) is 17.6 Å². The van der Waals surface area contributed by atoms with Crippen LogP contribution in [-0.4, -0.2) is 34.5 Å². The molecule has 6 heteroatoms. The van der Waals surface area contributed by atoms with Crippen molar-refractivity contribution in [2.24, 2.45) is 0 Å². The number of nitrogens with zero attached hydrogens (tertiary/aromatic N) is 1. The van der Waals surface area contributed by atoms with Crippen molar-refractivity contribution in [2.75, 3.05) is 11.5 Å². The van der Waals surface area contributed by atoms with E-state index in [0.717, 1.165) is 11.8 Å². The molecule has 0 aromatic carbocycles. The first-order chi connectivity index (χ1) is 6.07. The molecular formula is C7H10N2O3S. The maximum absolute atomic E-state index is 10.9. The van der Waals surface area contributed by atoms with E-state index >= 15 is 0 Å². The summed E-state index contributed by atoms with van der Waals surface area (Å²) in [5.41, 5.74) is 0. The third-order valence-corrected chi connectivity index (χ3v) is 1.95. The number of rotatable bonds is 5. The minimum absolute atomic E-state index is 0.116. The van der Waals surface area contributed by atoms with Crippen molar-refractivity contribution in [1.82, 2.24) is 5.32 Å². The lowest BCUT2D eigenvalue weighted by Gasteiger charge is -2.07. The van der Waals surface area contributed by atoms with E-state index in [1.54, 1.807) is 0 Å². The lowest BCUT2D eigenvalue weighted by molar-refractivity contribution is -0.140. The smallest absolute Gasteiger partial charge is 0.325 e. The van der Waals surface area contributed by atoms with Gasteiger partial charge < -0.3 is 10.4 Å². The summed E-state index contributed by atoms with van der Waals surface area (Å²) in [4.78, 5) is 21.2. The summed E-state index contributed by atoms with van der Waals surface area (Å²) in [6.07, 6.45) is 0. The van der Waals surface area contributed by atoms with Crippen LogP contribution in [0.1, 0.15) is 6.92 Å². The summed E-state index contributed by atoms with van der Waals surface area (Å²) in [6, 6.07) is 0.986. The molecule has 72 valence electrons. The van der Waals surface area contributed by atoms with Crippen molar-refractivity contribution in [3.8, 4) is 6.07 Å². The summed E-state index contributed by atoms with van der Waals surface area (Å²) in [5, 5.41) is 18.9. The van der Waals surface area contributed by atoms with Gasteiger partial charge in [0, 0.05) is 0 Å². The lowest BCUT2D eigenvalue weighted by atomic mass is 10.3. The predicted molar refractivity (Wildman–Crippen MR) is 48.2 cm³/mol. The Morgan fingerprint density at radius 1 is 1.69 bits per heavy atom. The Morgan fingerprint density at radius 2 is 2.31 bits per heavy atom. The SMILES string of the molecule is C[C@@H](NC(=O)CSCC#N)C(=O)O. The van der Waals surface area contributed by atoms with Crippen LogP contribution in [0, 0.1) is 11.3 Å². The van der Waals surface area contributed by atoms with E-state index in [9.17, 15) is 9.59 Å². The van der Waals surface area contributed by atoms with E-state index in [0.29, 0.717) is 0 Å². The molecule has 0 saturated carbocycles. The average Bonchev–Trinajstić information content (AvgIpc) is 2.04. The van der Waals surface area contributed by atoms with Crippen LogP contribution in [0.25, 0.3) is 0 Å². The number of amides is 1. The number of carboxylic acids is 1. The van der Waals surface area contributed by atoms with Crippen LogP contribution < -0.4 is 5.32 Å². The van der Waals surface area contributed by atoms with Crippen LogP contribution >= 0.6 is 11.8 Å². The molecule has 0 aliphatic rings. The van der Waals surface area contributed by atoms with Crippen LogP contribution in [0.15, 0.2) is 0 Å². The van der Waals surface area contributed by atoms with Crippen molar-refractivity contribution in [3.05, 3.63) is 0 Å². The fourth-order valence-corrected chi connectivity index (χ4v) is 0.996. The van der Waals surface area contributed by atoms with Gasteiger partial charge in [0.2, 0.25) is 5.91 Å². The predicted octanol–water partition coefficient (Wildman–Crippen LogP) is -0.168. The highest BCUT2D eigenvalue weighted by atomic mass is 32.2. The maximum atomic E-state index is 10.9. The van der Waals surface area contributed by atoms with Gasteiger partial charge in [0.25, 0.3) is 0 Å². The minimum atomic E-state index is -1.07. The molecule has 0 saturated heterocycles. The molecule has 0 rings (SSSR count). The largest absolute Gasteiger partial charge is 0.480 e. The zero-order chi connectivity index (χ0) is 10.3. The normalized spacial score (nSPS) is 11.4. The number of aliphatic carboxylic acids is 1. The lowest BCUT2D eigenvalue weighted by Crippen LogP contribution is -2.39. The fourth-order valence-electron chi connectivity index (χ4n) is 0.534. The number of nitriles is 1. The molecule has 0 radical (unpaired) electrons. The van der Waals surface area contributed by atoms with Gasteiger partial charge in [-0.2, -0.15) is 5.26 Å². The fraction of sp³-hybridized carbons (Fsp3) is 0.571. The number of thioether (sulfide) groups is 1. The zero-order valence-corrected chi connectivity index (χ0v) is 7.93. The quantitative estimate of drug-likeness (QED) is 0.604. The number of nitrogens with one attached hydrogen (secondary N) is 1. The van der Waals surface area contributed by atoms with E-state index in [1.165, 1.54) is 6.92 Å². The van der Waals surface area contributed by atoms with Crippen molar-refractivity contribution in [1.29, 1.82) is 5.26 Å². The van der Waals surface area contributed by atoms with Gasteiger partial charge in [-0.05, 0) is 6.92 Å². The van der Waals surface area contributed by atoms with Crippen LogP contribution in [0.4, 0.5) is 0 Å². The first-order valence-corrected chi connectivity index (χ1v) is 4.70. The highest BCUT2D eigenvalue weighted by Gasteiger charge is 2.13. The molecule has 0 aliphatic carbocycles. The van der Waals surface area contributed by atoms with Gasteiger partial charge in [-0.3, -0.25) is 9.59 Å². The van der Waals surface area contributed by atoms with Gasteiger partial charge in [0.15, 0.2) is 0 Å². The van der Waals surface area contributed by atoms with Gasteiger partial charge in [-0.1, -0.05) is 0 Å². The Hall–Kier alpha value is -1.22.